The van der Waals surface area contributed by atoms with Crippen LogP contribution in [0.1, 0.15) is 37.7 Å². The lowest BCUT2D eigenvalue weighted by molar-refractivity contribution is 0.126. The van der Waals surface area contributed by atoms with Gasteiger partial charge in [-0.05, 0) is 67.5 Å². The van der Waals surface area contributed by atoms with Crippen molar-refractivity contribution in [2.75, 3.05) is 23.8 Å². The second kappa shape index (κ2) is 10.1. The first-order valence-corrected chi connectivity index (χ1v) is 11.6. The molecular weight excluding hydrogens is 414 g/mol. The molecule has 0 spiro atoms. The van der Waals surface area contributed by atoms with Crippen LogP contribution in [0.4, 0.5) is 17.5 Å². The highest BCUT2D eigenvalue weighted by atomic mass is 16.5. The number of nitrogens with zero attached hydrogens (tertiary/aromatic N) is 3. The number of anilines is 3. The Balaban J connectivity index is 1.37. The minimum absolute atomic E-state index is 0.194. The maximum atomic E-state index is 9.85. The SMILES string of the molecule is OC1CCC(Nc2nc(Nc3ccc(C4=CCOCC4)cc3)ncc2-c2ccccn2)CC1. The van der Waals surface area contributed by atoms with Gasteiger partial charge in [0, 0.05) is 24.1 Å². The molecule has 1 saturated carbocycles. The molecule has 1 aliphatic heterocycles. The van der Waals surface area contributed by atoms with E-state index in [0.717, 1.165) is 61.5 Å². The number of aliphatic hydroxyl groups excluding tert-OH is 1. The summed E-state index contributed by atoms with van der Waals surface area (Å²) >= 11 is 0. The largest absolute Gasteiger partial charge is 0.393 e. The minimum atomic E-state index is -0.194. The van der Waals surface area contributed by atoms with Gasteiger partial charge >= 0.3 is 0 Å². The first kappa shape index (κ1) is 21.6. The van der Waals surface area contributed by atoms with Crippen LogP contribution in [-0.2, 0) is 4.74 Å². The fraction of sp³-hybridized carbons (Fsp3) is 0.346. The lowest BCUT2D eigenvalue weighted by Gasteiger charge is -2.27. The van der Waals surface area contributed by atoms with E-state index in [-0.39, 0.29) is 12.1 Å². The Kier molecular flexibility index (Phi) is 6.60. The van der Waals surface area contributed by atoms with Crippen molar-refractivity contribution in [3.8, 4) is 11.3 Å². The molecule has 1 fully saturated rings. The van der Waals surface area contributed by atoms with Gasteiger partial charge in [-0.25, -0.2) is 4.98 Å². The predicted molar refractivity (Wildman–Crippen MR) is 130 cm³/mol. The number of hydrogen-bond acceptors (Lipinski definition) is 7. The van der Waals surface area contributed by atoms with Crippen LogP contribution in [0, 0.1) is 0 Å². The molecule has 2 aliphatic rings. The van der Waals surface area contributed by atoms with Crippen molar-refractivity contribution in [1.29, 1.82) is 0 Å². The van der Waals surface area contributed by atoms with Gasteiger partial charge in [-0.1, -0.05) is 24.3 Å². The summed E-state index contributed by atoms with van der Waals surface area (Å²) in [5.41, 5.74) is 5.18. The zero-order valence-corrected chi connectivity index (χ0v) is 18.6. The Labute approximate surface area is 194 Å². The number of pyridine rings is 1. The van der Waals surface area contributed by atoms with E-state index in [1.807, 2.05) is 24.4 Å². The molecule has 0 unspecified atom stereocenters. The summed E-state index contributed by atoms with van der Waals surface area (Å²) in [5.74, 6) is 1.29. The van der Waals surface area contributed by atoms with Crippen LogP contribution in [-0.4, -0.2) is 45.4 Å². The quantitative estimate of drug-likeness (QED) is 0.504. The van der Waals surface area contributed by atoms with Crippen LogP contribution in [0.3, 0.4) is 0 Å². The monoisotopic (exact) mass is 443 g/mol. The van der Waals surface area contributed by atoms with Crippen molar-refractivity contribution >= 4 is 23.0 Å². The van der Waals surface area contributed by atoms with Crippen LogP contribution in [0.15, 0.2) is 60.9 Å². The highest BCUT2D eigenvalue weighted by Crippen LogP contribution is 2.30. The van der Waals surface area contributed by atoms with Gasteiger partial charge in [0.15, 0.2) is 0 Å². The van der Waals surface area contributed by atoms with Gasteiger partial charge in [0.05, 0.1) is 30.6 Å². The average Bonchev–Trinajstić information content (AvgIpc) is 2.87. The third kappa shape index (κ3) is 5.38. The normalized spacial score (nSPS) is 20.7. The van der Waals surface area contributed by atoms with Crippen LogP contribution < -0.4 is 10.6 Å². The maximum absolute atomic E-state index is 9.85. The molecule has 5 rings (SSSR count). The smallest absolute Gasteiger partial charge is 0.229 e. The standard InChI is InChI=1S/C26H29N5O2/c32-22-10-8-20(9-11-22)29-25-23(24-3-1-2-14-27-24)17-28-26(31-25)30-21-6-4-18(5-7-21)19-12-15-33-16-13-19/h1-7,12,14,17,20,22,32H,8-11,13,15-16H2,(H2,28,29,30,31). The number of ether oxygens (including phenoxy) is 1. The molecule has 3 N–H and O–H groups in total. The molecule has 7 nitrogen and oxygen atoms in total. The molecule has 0 amide bonds. The summed E-state index contributed by atoms with van der Waals surface area (Å²) in [6.07, 6.45) is 9.93. The highest BCUT2D eigenvalue weighted by Gasteiger charge is 2.21. The van der Waals surface area contributed by atoms with Crippen molar-refractivity contribution in [2.24, 2.45) is 0 Å². The molecule has 3 heterocycles. The van der Waals surface area contributed by atoms with Gasteiger partial charge in [0.2, 0.25) is 5.95 Å². The van der Waals surface area contributed by atoms with E-state index in [9.17, 15) is 5.11 Å². The average molecular weight is 444 g/mol. The van der Waals surface area contributed by atoms with E-state index in [0.29, 0.717) is 12.6 Å². The molecule has 3 aromatic rings. The zero-order chi connectivity index (χ0) is 22.5. The minimum Gasteiger partial charge on any atom is -0.393 e. The second-order valence-electron chi connectivity index (χ2n) is 8.58. The van der Waals surface area contributed by atoms with Crippen molar-refractivity contribution in [3.05, 3.63) is 66.5 Å². The third-order valence-corrected chi connectivity index (χ3v) is 6.24. The highest BCUT2D eigenvalue weighted by molar-refractivity contribution is 5.74. The van der Waals surface area contributed by atoms with Crippen molar-refractivity contribution < 1.29 is 9.84 Å². The summed E-state index contributed by atoms with van der Waals surface area (Å²) in [4.78, 5) is 13.9. The molecule has 170 valence electrons. The van der Waals surface area contributed by atoms with Crippen molar-refractivity contribution in [2.45, 2.75) is 44.2 Å². The van der Waals surface area contributed by atoms with Crippen LogP contribution >= 0.6 is 0 Å². The fourth-order valence-electron chi connectivity index (χ4n) is 4.36. The summed E-state index contributed by atoms with van der Waals surface area (Å²) < 4.78 is 5.41. The summed E-state index contributed by atoms with van der Waals surface area (Å²) in [6, 6.07) is 14.4. The van der Waals surface area contributed by atoms with E-state index in [2.05, 4.69) is 50.9 Å². The van der Waals surface area contributed by atoms with E-state index in [1.54, 1.807) is 6.20 Å². The van der Waals surface area contributed by atoms with Gasteiger partial charge in [0.25, 0.3) is 0 Å². The number of aromatic nitrogens is 3. The Morgan fingerprint density at radius 1 is 0.970 bits per heavy atom. The molecule has 0 bridgehead atoms. The number of hydrogen-bond donors (Lipinski definition) is 3. The lowest BCUT2D eigenvalue weighted by Crippen LogP contribution is -2.29. The number of nitrogens with one attached hydrogen (secondary N) is 2. The number of rotatable bonds is 6. The number of aliphatic hydroxyl groups is 1. The van der Waals surface area contributed by atoms with Crippen LogP contribution in [0.2, 0.25) is 0 Å². The maximum Gasteiger partial charge on any atom is 0.229 e. The molecule has 0 radical (unpaired) electrons. The Bertz CT molecular complexity index is 1090. The molecule has 2 aromatic heterocycles. The van der Waals surface area contributed by atoms with E-state index >= 15 is 0 Å². The summed E-state index contributed by atoms with van der Waals surface area (Å²) in [5, 5.41) is 16.8. The van der Waals surface area contributed by atoms with E-state index < -0.39 is 0 Å². The molecule has 1 aromatic carbocycles. The van der Waals surface area contributed by atoms with Gasteiger partial charge in [0.1, 0.15) is 5.82 Å². The molecule has 1 aliphatic carbocycles. The number of benzene rings is 1. The van der Waals surface area contributed by atoms with Gasteiger partial charge < -0.3 is 20.5 Å². The van der Waals surface area contributed by atoms with Crippen LogP contribution in [0.25, 0.3) is 16.8 Å². The van der Waals surface area contributed by atoms with Gasteiger partial charge in [-0.2, -0.15) is 4.98 Å². The second-order valence-corrected chi connectivity index (χ2v) is 8.58. The van der Waals surface area contributed by atoms with Gasteiger partial charge in [-0.3, -0.25) is 4.98 Å². The fourth-order valence-corrected chi connectivity index (χ4v) is 4.36. The molecule has 7 heteroatoms. The van der Waals surface area contributed by atoms with E-state index in [4.69, 9.17) is 9.72 Å². The Hall–Kier alpha value is -3.29. The summed E-state index contributed by atoms with van der Waals surface area (Å²) in [7, 11) is 0. The zero-order valence-electron chi connectivity index (χ0n) is 18.6. The molecule has 0 atom stereocenters. The Morgan fingerprint density at radius 3 is 2.55 bits per heavy atom. The summed E-state index contributed by atoms with van der Waals surface area (Å²) in [6.45, 7) is 1.46. The van der Waals surface area contributed by atoms with Crippen LogP contribution in [0.5, 0.6) is 0 Å². The lowest BCUT2D eigenvalue weighted by atomic mass is 9.93. The first-order valence-electron chi connectivity index (χ1n) is 11.6. The first-order chi connectivity index (χ1) is 16.2. The third-order valence-electron chi connectivity index (χ3n) is 6.24. The van der Waals surface area contributed by atoms with Gasteiger partial charge in [-0.15, -0.1) is 0 Å². The van der Waals surface area contributed by atoms with E-state index in [1.165, 1.54) is 11.1 Å². The predicted octanol–water partition coefficient (Wildman–Crippen LogP) is 4.80. The van der Waals surface area contributed by atoms with Crippen molar-refractivity contribution in [1.82, 2.24) is 15.0 Å². The molecule has 0 saturated heterocycles. The molecular formula is C26H29N5O2. The Morgan fingerprint density at radius 2 is 1.82 bits per heavy atom. The topological polar surface area (TPSA) is 92.2 Å². The molecule has 33 heavy (non-hydrogen) atoms. The van der Waals surface area contributed by atoms with Crippen molar-refractivity contribution in [3.63, 3.8) is 0 Å².